The predicted octanol–water partition coefficient (Wildman–Crippen LogP) is 8.04. The summed E-state index contributed by atoms with van der Waals surface area (Å²) in [7, 11) is 0. The molecule has 164 valence electrons. The summed E-state index contributed by atoms with van der Waals surface area (Å²) in [5, 5.41) is 4.54. The highest BCUT2D eigenvalue weighted by molar-refractivity contribution is 9.28. The monoisotopic (exact) mass is 551 g/mol. The van der Waals surface area contributed by atoms with E-state index in [0.717, 1.165) is 64.7 Å². The molecule has 4 nitrogen and oxygen atoms in total. The van der Waals surface area contributed by atoms with Crippen LogP contribution in [0.15, 0.2) is 26.8 Å². The summed E-state index contributed by atoms with van der Waals surface area (Å²) in [4.78, 5) is 5.21. The Bertz CT molecular complexity index is 658. The van der Waals surface area contributed by atoms with Gasteiger partial charge >= 0.3 is 0 Å². The summed E-state index contributed by atoms with van der Waals surface area (Å²) in [6.07, 6.45) is 9.31. The normalized spacial score (nSPS) is 10.4. The molecule has 0 heterocycles. The minimum Gasteiger partial charge on any atom is -0.492 e. The highest BCUT2D eigenvalue weighted by atomic mass is 79.9. The van der Waals surface area contributed by atoms with Crippen LogP contribution in [0, 0.1) is 0 Å². The number of hydrogen-bond donors (Lipinski definition) is 0. The average Bonchev–Trinajstić information content (AvgIpc) is 2.64. The topological polar surface area (TPSA) is 40.0 Å². The lowest BCUT2D eigenvalue weighted by molar-refractivity contribution is 0.139. The summed E-state index contributed by atoms with van der Waals surface area (Å²) in [5.41, 5.74) is 2.05. The van der Waals surface area contributed by atoms with Crippen molar-refractivity contribution in [3.05, 3.63) is 32.2 Å². The highest BCUT2D eigenvalue weighted by Crippen LogP contribution is 2.34. The predicted molar refractivity (Wildman–Crippen MR) is 130 cm³/mol. The Morgan fingerprint density at radius 2 is 1.72 bits per heavy atom. The lowest BCUT2D eigenvalue weighted by Gasteiger charge is -2.15. The molecule has 0 aromatic heterocycles. The molecular formula is C22H32Br2ClNO3. The van der Waals surface area contributed by atoms with Gasteiger partial charge in [-0.1, -0.05) is 42.9 Å². The molecule has 0 amide bonds. The van der Waals surface area contributed by atoms with Crippen molar-refractivity contribution in [3.8, 4) is 11.5 Å². The Labute approximate surface area is 197 Å². The van der Waals surface area contributed by atoms with Crippen LogP contribution in [0.2, 0.25) is 5.02 Å². The molecule has 0 fully saturated rings. The average molecular weight is 554 g/mol. The van der Waals surface area contributed by atoms with E-state index in [4.69, 9.17) is 25.9 Å². The molecule has 29 heavy (non-hydrogen) atoms. The van der Waals surface area contributed by atoms with E-state index in [1.54, 1.807) is 0 Å². The molecule has 0 unspecified atom stereocenters. The van der Waals surface area contributed by atoms with Crippen LogP contribution in [0.5, 0.6) is 11.5 Å². The van der Waals surface area contributed by atoms with Crippen LogP contribution in [0.25, 0.3) is 0 Å². The van der Waals surface area contributed by atoms with E-state index in [0.29, 0.717) is 24.8 Å². The van der Waals surface area contributed by atoms with Gasteiger partial charge in [-0.15, -0.1) is 0 Å². The summed E-state index contributed by atoms with van der Waals surface area (Å²) < 4.78 is 12.7. The van der Waals surface area contributed by atoms with Crippen molar-refractivity contribution < 1.29 is 14.3 Å². The maximum Gasteiger partial charge on any atom is 0.141 e. The number of nitrogens with zero attached hydrogens (tertiary/aromatic N) is 1. The van der Waals surface area contributed by atoms with Gasteiger partial charge < -0.3 is 14.3 Å². The number of oxime groups is 1. The number of aryl methyl sites for hydroxylation is 1. The third kappa shape index (κ3) is 12.5. The van der Waals surface area contributed by atoms with Gasteiger partial charge in [0.15, 0.2) is 0 Å². The Kier molecular flexibility index (Phi) is 14.5. The van der Waals surface area contributed by atoms with Gasteiger partial charge in [-0.2, -0.15) is 0 Å². The third-order valence-corrected chi connectivity index (χ3v) is 4.90. The molecular weight excluding hydrogens is 522 g/mol. The highest BCUT2D eigenvalue weighted by Gasteiger charge is 2.11. The minimum absolute atomic E-state index is 0.462. The summed E-state index contributed by atoms with van der Waals surface area (Å²) in [6, 6.07) is 3.85. The van der Waals surface area contributed by atoms with E-state index >= 15 is 0 Å². The number of hydrogen-bond acceptors (Lipinski definition) is 4. The molecule has 1 rings (SSSR count). The van der Waals surface area contributed by atoms with Gasteiger partial charge in [0.2, 0.25) is 0 Å². The van der Waals surface area contributed by atoms with Gasteiger partial charge in [0, 0.05) is 6.07 Å². The van der Waals surface area contributed by atoms with Gasteiger partial charge in [0.25, 0.3) is 0 Å². The quantitative estimate of drug-likeness (QED) is 0.125. The molecule has 7 heteroatoms. The number of ether oxygens (including phenoxy) is 2. The fourth-order valence-electron chi connectivity index (χ4n) is 2.67. The molecule has 0 radical (unpaired) electrons. The van der Waals surface area contributed by atoms with Crippen LogP contribution >= 0.6 is 43.5 Å². The second kappa shape index (κ2) is 16.0. The fourth-order valence-corrected chi connectivity index (χ4v) is 3.22. The molecule has 1 aromatic carbocycles. The number of rotatable bonds is 15. The van der Waals surface area contributed by atoms with Crippen molar-refractivity contribution in [3.63, 3.8) is 0 Å². The number of benzene rings is 1. The van der Waals surface area contributed by atoms with E-state index in [1.807, 2.05) is 32.1 Å². The molecule has 0 N–H and O–H groups in total. The van der Waals surface area contributed by atoms with Crippen LogP contribution < -0.4 is 9.47 Å². The molecule has 0 aliphatic heterocycles. The van der Waals surface area contributed by atoms with Crippen LogP contribution in [-0.4, -0.2) is 25.5 Å². The summed E-state index contributed by atoms with van der Waals surface area (Å²) >= 11 is 13.1. The SMILES string of the molecule is CCCc1cc(OCC=C(Br)Br)cc(Cl)c1OCCCCCCCON=C(C)C. The lowest BCUT2D eigenvalue weighted by atomic mass is 10.1. The van der Waals surface area contributed by atoms with Crippen molar-refractivity contribution in [1.82, 2.24) is 0 Å². The first-order chi connectivity index (χ1) is 13.9. The first-order valence-electron chi connectivity index (χ1n) is 10.2. The first-order valence-corrected chi connectivity index (χ1v) is 12.1. The summed E-state index contributed by atoms with van der Waals surface area (Å²) in [5.74, 6) is 1.55. The van der Waals surface area contributed by atoms with E-state index in [-0.39, 0.29) is 0 Å². The Hall–Kier alpha value is -0.720. The number of unbranched alkanes of at least 4 members (excludes halogenated alkanes) is 4. The molecule has 0 spiro atoms. The van der Waals surface area contributed by atoms with Crippen LogP contribution in [0.4, 0.5) is 0 Å². The van der Waals surface area contributed by atoms with Crippen molar-refractivity contribution in [2.24, 2.45) is 5.16 Å². The second-order valence-electron chi connectivity index (χ2n) is 6.94. The fraction of sp³-hybridized carbons (Fsp3) is 0.591. The Morgan fingerprint density at radius 3 is 2.38 bits per heavy atom. The van der Waals surface area contributed by atoms with E-state index in [2.05, 4.69) is 43.9 Å². The maximum absolute atomic E-state index is 6.48. The van der Waals surface area contributed by atoms with Gasteiger partial charge in [0.05, 0.1) is 20.7 Å². The molecule has 0 bridgehead atoms. The molecule has 0 saturated carbocycles. The maximum atomic E-state index is 6.48. The van der Waals surface area contributed by atoms with E-state index in [1.165, 1.54) is 6.42 Å². The largest absolute Gasteiger partial charge is 0.492 e. The van der Waals surface area contributed by atoms with E-state index in [9.17, 15) is 0 Å². The standard InChI is InChI=1S/C22H32Br2ClNO3/c1-4-10-18-15-19(27-14-11-21(23)24)16-20(25)22(18)28-12-8-6-5-7-9-13-29-26-17(2)3/h11,15-16H,4-10,12-14H2,1-3H3. The van der Waals surface area contributed by atoms with Crippen LogP contribution in [0.1, 0.15) is 64.9 Å². The van der Waals surface area contributed by atoms with Crippen molar-refractivity contribution in [1.29, 1.82) is 0 Å². The van der Waals surface area contributed by atoms with Gasteiger partial charge in [0.1, 0.15) is 24.7 Å². The van der Waals surface area contributed by atoms with Crippen molar-refractivity contribution >= 4 is 49.2 Å². The minimum atomic E-state index is 0.462. The third-order valence-electron chi connectivity index (χ3n) is 3.97. The van der Waals surface area contributed by atoms with Crippen molar-refractivity contribution in [2.45, 2.75) is 65.7 Å². The van der Waals surface area contributed by atoms with Gasteiger partial charge in [-0.05, 0) is 89.1 Å². The molecule has 0 aliphatic rings. The first kappa shape index (κ1) is 26.3. The zero-order valence-electron chi connectivity index (χ0n) is 17.6. The Balaban J connectivity index is 2.40. The molecule has 0 saturated heterocycles. The van der Waals surface area contributed by atoms with Gasteiger partial charge in [-0.25, -0.2) is 0 Å². The van der Waals surface area contributed by atoms with Crippen molar-refractivity contribution in [2.75, 3.05) is 19.8 Å². The number of halogens is 3. The molecule has 0 atom stereocenters. The lowest BCUT2D eigenvalue weighted by Crippen LogP contribution is -2.03. The zero-order chi connectivity index (χ0) is 21.5. The summed E-state index contributed by atoms with van der Waals surface area (Å²) in [6.45, 7) is 7.83. The van der Waals surface area contributed by atoms with E-state index < -0.39 is 0 Å². The zero-order valence-corrected chi connectivity index (χ0v) is 21.5. The van der Waals surface area contributed by atoms with Crippen LogP contribution in [-0.2, 0) is 11.3 Å². The molecule has 0 aliphatic carbocycles. The Morgan fingerprint density at radius 1 is 1.03 bits per heavy atom. The van der Waals surface area contributed by atoms with Crippen LogP contribution in [0.3, 0.4) is 0 Å². The molecule has 1 aromatic rings. The van der Waals surface area contributed by atoms with Gasteiger partial charge in [-0.3, -0.25) is 0 Å². The smallest absolute Gasteiger partial charge is 0.141 e. The second-order valence-corrected chi connectivity index (χ2v) is 10.1.